The number of benzene rings is 2. The van der Waals surface area contributed by atoms with Gasteiger partial charge in [-0.2, -0.15) is 4.31 Å². The Morgan fingerprint density at radius 1 is 0.970 bits per heavy atom. The first-order valence-corrected chi connectivity index (χ1v) is 14.0. The van der Waals surface area contributed by atoms with E-state index in [1.807, 2.05) is 63.2 Å². The molecule has 3 rings (SSSR count). The Hall–Kier alpha value is -2.07. The predicted octanol–water partition coefficient (Wildman–Crippen LogP) is 4.45. The normalized spacial score (nSPS) is 18.6. The van der Waals surface area contributed by atoms with Crippen LogP contribution >= 0.6 is 0 Å². The third-order valence-corrected chi connectivity index (χ3v) is 11.0. The van der Waals surface area contributed by atoms with Crippen LogP contribution in [0.5, 0.6) is 0 Å². The van der Waals surface area contributed by atoms with Gasteiger partial charge in [0.05, 0.1) is 4.90 Å². The molecule has 0 bridgehead atoms. The summed E-state index contributed by atoms with van der Waals surface area (Å²) in [6, 6.07) is 16.9. The summed E-state index contributed by atoms with van der Waals surface area (Å²) < 4.78 is 46.1. The van der Waals surface area contributed by atoms with E-state index in [9.17, 15) is 8.42 Å². The molecule has 0 saturated carbocycles. The molecule has 1 atom stereocenters. The average molecular weight is 488 g/mol. The van der Waals surface area contributed by atoms with Crippen LogP contribution in [0.4, 0.5) is 0 Å². The van der Waals surface area contributed by atoms with Crippen molar-refractivity contribution < 1.29 is 21.7 Å². The molecule has 1 saturated heterocycles. The summed E-state index contributed by atoms with van der Waals surface area (Å²) in [5.41, 5.74) is 4.02. The fourth-order valence-corrected chi connectivity index (χ4v) is 8.29. The van der Waals surface area contributed by atoms with Crippen molar-refractivity contribution in [3.8, 4) is 0 Å². The van der Waals surface area contributed by atoms with E-state index in [0.29, 0.717) is 11.4 Å². The van der Waals surface area contributed by atoms with Gasteiger partial charge >= 0.3 is 8.80 Å². The van der Waals surface area contributed by atoms with Crippen LogP contribution in [0.25, 0.3) is 6.08 Å². The second-order valence-electron chi connectivity index (χ2n) is 8.38. The zero-order chi connectivity index (χ0) is 24.2. The zero-order valence-corrected chi connectivity index (χ0v) is 22.0. The van der Waals surface area contributed by atoms with E-state index >= 15 is 0 Å². The quantitative estimate of drug-likeness (QED) is 0.515. The van der Waals surface area contributed by atoms with E-state index < -0.39 is 18.8 Å². The van der Waals surface area contributed by atoms with Crippen molar-refractivity contribution in [2.45, 2.75) is 25.7 Å². The van der Waals surface area contributed by atoms with E-state index in [2.05, 4.69) is 6.08 Å². The molecule has 1 heterocycles. The highest BCUT2D eigenvalue weighted by molar-refractivity contribution is 7.89. The van der Waals surface area contributed by atoms with Crippen LogP contribution in [0.3, 0.4) is 0 Å². The van der Waals surface area contributed by atoms with Crippen LogP contribution in [0.1, 0.15) is 25.0 Å². The smallest absolute Gasteiger partial charge is 0.374 e. The molecule has 0 spiro atoms. The number of aryl methyl sites for hydroxylation is 1. The van der Waals surface area contributed by atoms with Gasteiger partial charge in [-0.1, -0.05) is 59.7 Å². The summed E-state index contributed by atoms with van der Waals surface area (Å²) in [4.78, 5) is 0.292. The highest BCUT2D eigenvalue weighted by Gasteiger charge is 2.51. The minimum atomic E-state index is -3.68. The van der Waals surface area contributed by atoms with Crippen molar-refractivity contribution in [3.63, 3.8) is 0 Å². The number of nitrogens with zero attached hydrogens (tertiary/aromatic N) is 1. The van der Waals surface area contributed by atoms with Crippen molar-refractivity contribution >= 4 is 24.9 Å². The van der Waals surface area contributed by atoms with Crippen LogP contribution in [0.2, 0.25) is 0 Å². The molecule has 178 valence electrons. The summed E-state index contributed by atoms with van der Waals surface area (Å²) in [6.07, 6.45) is 2.07. The molecule has 0 amide bonds. The lowest BCUT2D eigenvalue weighted by Crippen LogP contribution is -2.49. The molecule has 1 aliphatic rings. The lowest BCUT2D eigenvalue weighted by atomic mass is 9.97. The Balaban J connectivity index is 2.12. The number of hydrogen-bond acceptors (Lipinski definition) is 5. The van der Waals surface area contributed by atoms with Crippen molar-refractivity contribution in [2.75, 3.05) is 34.4 Å². The summed E-state index contributed by atoms with van der Waals surface area (Å²) in [5.74, 6) is -0.220. The molecule has 6 nitrogen and oxygen atoms in total. The van der Waals surface area contributed by atoms with Crippen molar-refractivity contribution in [1.82, 2.24) is 4.31 Å². The van der Waals surface area contributed by atoms with Gasteiger partial charge in [-0.15, -0.1) is 0 Å². The maximum absolute atomic E-state index is 13.5. The molecule has 0 aromatic heterocycles. The zero-order valence-electron chi connectivity index (χ0n) is 20.2. The van der Waals surface area contributed by atoms with E-state index in [1.165, 1.54) is 0 Å². The van der Waals surface area contributed by atoms with E-state index in [-0.39, 0.29) is 12.5 Å². The molecule has 0 N–H and O–H groups in total. The van der Waals surface area contributed by atoms with Crippen LogP contribution in [-0.4, -0.2) is 55.9 Å². The van der Waals surface area contributed by atoms with Gasteiger partial charge in [-0.05, 0) is 44.0 Å². The minimum Gasteiger partial charge on any atom is -0.374 e. The predicted molar refractivity (Wildman–Crippen MR) is 133 cm³/mol. The largest absolute Gasteiger partial charge is 0.532 e. The van der Waals surface area contributed by atoms with Gasteiger partial charge in [0, 0.05) is 45.5 Å². The van der Waals surface area contributed by atoms with E-state index in [1.54, 1.807) is 37.8 Å². The van der Waals surface area contributed by atoms with Gasteiger partial charge in [-0.25, -0.2) is 8.42 Å². The highest BCUT2D eigenvalue weighted by Crippen LogP contribution is 2.39. The number of rotatable bonds is 8. The lowest BCUT2D eigenvalue weighted by molar-refractivity contribution is 0.131. The topological polar surface area (TPSA) is 65.1 Å². The van der Waals surface area contributed by atoms with E-state index in [4.69, 9.17) is 13.3 Å². The molecule has 1 aliphatic heterocycles. The third-order valence-electron chi connectivity index (χ3n) is 6.03. The molecular formula is C25H33NO5SSi. The Morgan fingerprint density at radius 2 is 1.55 bits per heavy atom. The monoisotopic (exact) mass is 487 g/mol. The Morgan fingerprint density at radius 3 is 2.06 bits per heavy atom. The molecule has 1 unspecified atom stereocenters. The number of sulfonamides is 1. The van der Waals surface area contributed by atoms with Gasteiger partial charge in [0.15, 0.2) is 0 Å². The Labute approximate surface area is 198 Å². The molecule has 33 heavy (non-hydrogen) atoms. The Bertz CT molecular complexity index is 1110. The van der Waals surface area contributed by atoms with Crippen molar-refractivity contribution in [3.05, 3.63) is 82.1 Å². The molecule has 1 fully saturated rings. The van der Waals surface area contributed by atoms with Crippen molar-refractivity contribution in [2.24, 2.45) is 5.92 Å². The summed E-state index contributed by atoms with van der Waals surface area (Å²) >= 11 is 0. The fourth-order valence-electron chi connectivity index (χ4n) is 4.38. The number of allylic oxidation sites excluding steroid dienone is 1. The molecule has 0 aliphatic carbocycles. The van der Waals surface area contributed by atoms with Crippen LogP contribution in [-0.2, 0) is 23.3 Å². The van der Waals surface area contributed by atoms with Crippen LogP contribution in [0, 0.1) is 12.8 Å². The molecule has 8 heteroatoms. The first kappa shape index (κ1) is 25.5. The molecule has 2 aromatic carbocycles. The summed E-state index contributed by atoms with van der Waals surface area (Å²) in [7, 11) is -2.12. The van der Waals surface area contributed by atoms with Gasteiger partial charge in [0.25, 0.3) is 0 Å². The summed E-state index contributed by atoms with van der Waals surface area (Å²) in [5, 5.41) is 0.902. The van der Waals surface area contributed by atoms with Gasteiger partial charge in [0.2, 0.25) is 10.0 Å². The SMILES string of the molecule is CO[Si](OC)(OC)C(=C(C)C)C1CN(S(=O)(=O)c2ccc(C)cc2)C/C1=C\c1ccccc1. The maximum Gasteiger partial charge on any atom is 0.532 e. The summed E-state index contributed by atoms with van der Waals surface area (Å²) in [6.45, 7) is 6.50. The van der Waals surface area contributed by atoms with Crippen molar-refractivity contribution in [1.29, 1.82) is 0 Å². The van der Waals surface area contributed by atoms with Gasteiger partial charge in [0.1, 0.15) is 0 Å². The minimum absolute atomic E-state index is 0.220. The standard InChI is InChI=1S/C25H33NO5SSi/c1-19(2)25(33(29-4,30-5)31-6)24-18-26(17-22(24)16-21-10-8-7-9-11-21)32(27,28)23-14-12-20(3)13-15-23/h7-16,24H,17-18H2,1-6H3/b22-16+. The molecule has 2 aromatic rings. The number of hydrogen-bond donors (Lipinski definition) is 0. The maximum atomic E-state index is 13.5. The second kappa shape index (κ2) is 10.5. The highest BCUT2D eigenvalue weighted by atomic mass is 32.2. The Kier molecular flexibility index (Phi) is 8.10. The van der Waals surface area contributed by atoms with Crippen LogP contribution in [0.15, 0.2) is 75.8 Å². The average Bonchev–Trinajstić information content (AvgIpc) is 3.22. The molecular weight excluding hydrogens is 454 g/mol. The fraction of sp³-hybridized carbons (Fsp3) is 0.360. The third kappa shape index (κ3) is 5.21. The molecule has 0 radical (unpaired) electrons. The van der Waals surface area contributed by atoms with Crippen LogP contribution < -0.4 is 0 Å². The first-order valence-electron chi connectivity index (χ1n) is 10.8. The van der Waals surface area contributed by atoms with Gasteiger partial charge < -0.3 is 13.3 Å². The van der Waals surface area contributed by atoms with Gasteiger partial charge in [-0.3, -0.25) is 0 Å². The lowest BCUT2D eigenvalue weighted by Gasteiger charge is -2.32. The first-order chi connectivity index (χ1) is 15.7. The second-order valence-corrected chi connectivity index (χ2v) is 13.2. The van der Waals surface area contributed by atoms with E-state index in [0.717, 1.165) is 27.5 Å².